The molecule has 4 aromatic carbocycles. The first kappa shape index (κ1) is 25.6. The van der Waals surface area contributed by atoms with Crippen LogP contribution < -0.4 is 23.8 Å². The predicted octanol–water partition coefficient (Wildman–Crippen LogP) is 5.33. The molecule has 0 aliphatic heterocycles. The van der Waals surface area contributed by atoms with Gasteiger partial charge in [-0.1, -0.05) is 36.4 Å². The smallest absolute Gasteiger partial charge is 0.264 e. The van der Waals surface area contributed by atoms with Crippen LogP contribution in [-0.2, 0) is 14.8 Å². The van der Waals surface area contributed by atoms with Crippen molar-refractivity contribution in [2.24, 2.45) is 0 Å². The van der Waals surface area contributed by atoms with Gasteiger partial charge in [0.05, 0.1) is 24.8 Å². The van der Waals surface area contributed by atoms with Crippen LogP contribution in [0.3, 0.4) is 0 Å². The second kappa shape index (κ2) is 11.5. The van der Waals surface area contributed by atoms with Crippen LogP contribution in [0.4, 0.5) is 11.4 Å². The summed E-state index contributed by atoms with van der Waals surface area (Å²) in [4.78, 5) is 13.1. The van der Waals surface area contributed by atoms with Gasteiger partial charge in [0.25, 0.3) is 10.0 Å². The van der Waals surface area contributed by atoms with Crippen molar-refractivity contribution in [3.05, 3.63) is 103 Å². The van der Waals surface area contributed by atoms with Gasteiger partial charge in [0.1, 0.15) is 29.5 Å². The van der Waals surface area contributed by atoms with Crippen LogP contribution in [0.2, 0.25) is 0 Å². The average Bonchev–Trinajstić information content (AvgIpc) is 2.93. The van der Waals surface area contributed by atoms with E-state index in [1.54, 1.807) is 54.6 Å². The van der Waals surface area contributed by atoms with Gasteiger partial charge < -0.3 is 19.5 Å². The Morgan fingerprint density at radius 2 is 1.35 bits per heavy atom. The van der Waals surface area contributed by atoms with Gasteiger partial charge in [-0.3, -0.25) is 9.10 Å². The summed E-state index contributed by atoms with van der Waals surface area (Å²) < 4.78 is 44.8. The minimum atomic E-state index is -4.12. The summed E-state index contributed by atoms with van der Waals surface area (Å²) in [6.07, 6.45) is 0. The summed E-state index contributed by atoms with van der Waals surface area (Å²) in [7, 11) is -1.22. The number of hydrogen-bond donors (Lipinski definition) is 1. The predicted molar refractivity (Wildman–Crippen MR) is 142 cm³/mol. The van der Waals surface area contributed by atoms with E-state index >= 15 is 0 Å². The van der Waals surface area contributed by atoms with E-state index in [4.69, 9.17) is 14.2 Å². The summed E-state index contributed by atoms with van der Waals surface area (Å²) in [5.74, 6) is 1.43. The third-order valence-electron chi connectivity index (χ3n) is 5.39. The quantitative estimate of drug-likeness (QED) is 0.305. The molecule has 0 unspecified atom stereocenters. The number of nitrogens with zero attached hydrogens (tertiary/aromatic N) is 1. The lowest BCUT2D eigenvalue weighted by atomic mass is 10.2. The van der Waals surface area contributed by atoms with Gasteiger partial charge in [0.2, 0.25) is 5.91 Å². The molecule has 4 aromatic rings. The molecule has 8 nitrogen and oxygen atoms in total. The van der Waals surface area contributed by atoms with Gasteiger partial charge in [0.15, 0.2) is 0 Å². The molecule has 0 saturated heterocycles. The Morgan fingerprint density at radius 1 is 0.757 bits per heavy atom. The van der Waals surface area contributed by atoms with Crippen LogP contribution in [0.1, 0.15) is 0 Å². The molecule has 1 N–H and O–H groups in total. The molecular weight excluding hydrogens is 492 g/mol. The number of anilines is 2. The fourth-order valence-electron chi connectivity index (χ4n) is 3.57. The molecule has 0 aliphatic carbocycles. The summed E-state index contributed by atoms with van der Waals surface area (Å²) >= 11 is 0. The number of ether oxygens (including phenoxy) is 3. The number of carbonyl (C=O) groups is 1. The molecule has 0 aliphatic rings. The zero-order valence-corrected chi connectivity index (χ0v) is 21.1. The van der Waals surface area contributed by atoms with Crippen LogP contribution in [0.5, 0.6) is 23.0 Å². The molecule has 0 heterocycles. The molecule has 1 amide bonds. The van der Waals surface area contributed by atoms with Gasteiger partial charge in [-0.15, -0.1) is 0 Å². The lowest BCUT2D eigenvalue weighted by Crippen LogP contribution is -2.38. The molecule has 4 rings (SSSR count). The molecule has 0 fully saturated rings. The molecule has 0 atom stereocenters. The minimum absolute atomic E-state index is 0.0371. The maximum atomic E-state index is 13.6. The van der Waals surface area contributed by atoms with Crippen molar-refractivity contribution < 1.29 is 27.4 Å². The number of nitrogens with one attached hydrogen (secondary N) is 1. The number of rotatable bonds is 10. The first-order chi connectivity index (χ1) is 17.9. The lowest BCUT2D eigenvalue weighted by Gasteiger charge is -2.26. The number of benzene rings is 4. The minimum Gasteiger partial charge on any atom is -0.497 e. The molecule has 9 heteroatoms. The van der Waals surface area contributed by atoms with Crippen molar-refractivity contribution in [2.75, 3.05) is 30.4 Å². The molecule has 0 spiro atoms. The van der Waals surface area contributed by atoms with E-state index in [0.717, 1.165) is 4.31 Å². The molecule has 0 aromatic heterocycles. The maximum Gasteiger partial charge on any atom is 0.264 e. The lowest BCUT2D eigenvalue weighted by molar-refractivity contribution is -0.114. The Morgan fingerprint density at radius 3 is 1.97 bits per heavy atom. The summed E-state index contributed by atoms with van der Waals surface area (Å²) in [6.45, 7) is -0.497. The monoisotopic (exact) mass is 518 g/mol. The standard InChI is InChI=1S/C28H26N2O6S/c1-34-24-17-18-27(35-2)26(19-24)30(37(32,33)25-11-7-4-8-12-25)20-28(31)29-21-13-15-23(16-14-21)36-22-9-5-3-6-10-22/h3-19H,20H2,1-2H3,(H,29,31). The van der Waals surface area contributed by atoms with Crippen molar-refractivity contribution in [3.8, 4) is 23.0 Å². The van der Waals surface area contributed by atoms with E-state index in [-0.39, 0.29) is 16.3 Å². The number of amides is 1. The first-order valence-corrected chi connectivity index (χ1v) is 12.8. The topological polar surface area (TPSA) is 94.2 Å². The average molecular weight is 519 g/mol. The number of carbonyl (C=O) groups excluding carboxylic acids is 1. The van der Waals surface area contributed by atoms with Crippen molar-refractivity contribution >= 4 is 27.3 Å². The van der Waals surface area contributed by atoms with Crippen LogP contribution in [0.15, 0.2) is 108 Å². The van der Waals surface area contributed by atoms with Crippen molar-refractivity contribution in [3.63, 3.8) is 0 Å². The summed E-state index contributed by atoms with van der Waals surface area (Å²) in [5, 5.41) is 2.75. The number of hydrogen-bond acceptors (Lipinski definition) is 6. The highest BCUT2D eigenvalue weighted by Gasteiger charge is 2.30. The number of methoxy groups -OCH3 is 2. The van der Waals surface area contributed by atoms with Crippen LogP contribution in [-0.4, -0.2) is 35.1 Å². The summed E-state index contributed by atoms with van der Waals surface area (Å²) in [6, 6.07) is 28.7. The Kier molecular flexibility index (Phi) is 7.95. The van der Waals surface area contributed by atoms with Gasteiger partial charge in [0, 0.05) is 11.8 Å². The van der Waals surface area contributed by atoms with Crippen LogP contribution in [0.25, 0.3) is 0 Å². The number of sulfonamides is 1. The van der Waals surface area contributed by atoms with E-state index in [0.29, 0.717) is 22.9 Å². The number of para-hydroxylation sites is 1. The van der Waals surface area contributed by atoms with Crippen molar-refractivity contribution in [2.45, 2.75) is 4.90 Å². The second-order valence-corrected chi connectivity index (χ2v) is 9.71. The van der Waals surface area contributed by atoms with Gasteiger partial charge >= 0.3 is 0 Å². The fraction of sp³-hybridized carbons (Fsp3) is 0.107. The van der Waals surface area contributed by atoms with E-state index < -0.39 is 22.5 Å². The SMILES string of the molecule is COc1ccc(OC)c(N(CC(=O)Nc2ccc(Oc3ccccc3)cc2)S(=O)(=O)c2ccccc2)c1. The zero-order valence-electron chi connectivity index (χ0n) is 20.3. The van der Waals surface area contributed by atoms with Crippen molar-refractivity contribution in [1.82, 2.24) is 0 Å². The fourth-order valence-corrected chi connectivity index (χ4v) is 5.02. The molecule has 37 heavy (non-hydrogen) atoms. The Bertz CT molecular complexity index is 1440. The van der Waals surface area contributed by atoms with E-state index in [2.05, 4.69) is 5.32 Å². The van der Waals surface area contributed by atoms with Gasteiger partial charge in [-0.2, -0.15) is 0 Å². The van der Waals surface area contributed by atoms with E-state index in [1.807, 2.05) is 30.3 Å². The van der Waals surface area contributed by atoms with Gasteiger partial charge in [-0.25, -0.2) is 8.42 Å². The highest BCUT2D eigenvalue weighted by atomic mass is 32.2. The molecule has 0 bridgehead atoms. The van der Waals surface area contributed by atoms with Crippen LogP contribution in [0, 0.1) is 0 Å². The third kappa shape index (κ3) is 6.20. The highest BCUT2D eigenvalue weighted by molar-refractivity contribution is 7.92. The maximum absolute atomic E-state index is 13.6. The molecule has 0 saturated carbocycles. The first-order valence-electron chi connectivity index (χ1n) is 11.3. The second-order valence-electron chi connectivity index (χ2n) is 7.85. The Labute approximate surface area is 216 Å². The molecule has 0 radical (unpaired) electrons. The van der Waals surface area contributed by atoms with Crippen molar-refractivity contribution in [1.29, 1.82) is 0 Å². The highest BCUT2D eigenvalue weighted by Crippen LogP contribution is 2.35. The molecule has 190 valence electrons. The molecular formula is C28H26N2O6S. The van der Waals surface area contributed by atoms with Crippen LogP contribution >= 0.6 is 0 Å². The van der Waals surface area contributed by atoms with E-state index in [9.17, 15) is 13.2 Å². The Balaban J connectivity index is 1.59. The zero-order chi connectivity index (χ0) is 26.3. The Hall–Kier alpha value is -4.50. The summed E-state index contributed by atoms with van der Waals surface area (Å²) in [5.41, 5.74) is 0.660. The van der Waals surface area contributed by atoms with E-state index in [1.165, 1.54) is 32.4 Å². The normalized spacial score (nSPS) is 10.9. The largest absolute Gasteiger partial charge is 0.497 e. The van der Waals surface area contributed by atoms with Gasteiger partial charge in [-0.05, 0) is 60.7 Å². The third-order valence-corrected chi connectivity index (χ3v) is 7.16.